The lowest BCUT2D eigenvalue weighted by molar-refractivity contribution is 0.682. The fourth-order valence-electron chi connectivity index (χ4n) is 1.69. The van der Waals surface area contributed by atoms with Gasteiger partial charge in [0.25, 0.3) is 0 Å². The summed E-state index contributed by atoms with van der Waals surface area (Å²) in [5.41, 5.74) is 3.24. The van der Waals surface area contributed by atoms with Crippen molar-refractivity contribution in [3.63, 3.8) is 0 Å². The average molecular weight is 164 g/mol. The molecule has 0 saturated carbocycles. The first-order chi connectivity index (χ1) is 5.74. The van der Waals surface area contributed by atoms with Crippen LogP contribution in [0.4, 0.5) is 0 Å². The molecule has 0 aliphatic heterocycles. The van der Waals surface area contributed by atoms with E-state index in [1.54, 1.807) is 11.1 Å². The molecule has 0 heterocycles. The van der Waals surface area contributed by atoms with Crippen molar-refractivity contribution in [2.24, 2.45) is 5.92 Å². The Labute approximate surface area is 76.4 Å². The van der Waals surface area contributed by atoms with Gasteiger partial charge in [-0.2, -0.15) is 0 Å². The molecule has 0 N–H and O–H groups in total. The van der Waals surface area contributed by atoms with Gasteiger partial charge >= 0.3 is 0 Å². The van der Waals surface area contributed by atoms with Crippen molar-refractivity contribution >= 4 is 0 Å². The fraction of sp³-hybridized carbons (Fsp3) is 0.667. The lowest BCUT2D eigenvalue weighted by Crippen LogP contribution is -1.92. The Morgan fingerprint density at radius 3 is 2.58 bits per heavy atom. The van der Waals surface area contributed by atoms with Gasteiger partial charge in [0.1, 0.15) is 0 Å². The van der Waals surface area contributed by atoms with Crippen molar-refractivity contribution in [2.75, 3.05) is 0 Å². The van der Waals surface area contributed by atoms with E-state index in [4.69, 9.17) is 0 Å². The van der Waals surface area contributed by atoms with Gasteiger partial charge in [0.05, 0.1) is 0 Å². The molecule has 1 aliphatic rings. The summed E-state index contributed by atoms with van der Waals surface area (Å²) >= 11 is 0. The average Bonchev–Trinajstić information content (AvgIpc) is 2.28. The van der Waals surface area contributed by atoms with Crippen molar-refractivity contribution in [2.45, 2.75) is 46.5 Å². The summed E-state index contributed by atoms with van der Waals surface area (Å²) in [7, 11) is 0. The molecule has 68 valence electrons. The normalized spacial score (nSPS) is 18.7. The summed E-state index contributed by atoms with van der Waals surface area (Å²) in [5.74, 6) is 0.734. The molecule has 0 fully saturated rings. The zero-order valence-electron chi connectivity index (χ0n) is 8.56. The van der Waals surface area contributed by atoms with Gasteiger partial charge in [0.15, 0.2) is 0 Å². The van der Waals surface area contributed by atoms with E-state index < -0.39 is 0 Å². The largest absolute Gasteiger partial charge is 0.0705 e. The van der Waals surface area contributed by atoms with Gasteiger partial charge in [-0.1, -0.05) is 44.1 Å². The predicted molar refractivity (Wildman–Crippen MR) is 55.1 cm³/mol. The molecule has 0 atom stereocenters. The van der Waals surface area contributed by atoms with Crippen LogP contribution in [0, 0.1) is 5.92 Å². The molecule has 0 amide bonds. The highest BCUT2D eigenvalue weighted by Crippen LogP contribution is 2.23. The fourth-order valence-corrected chi connectivity index (χ4v) is 1.69. The van der Waals surface area contributed by atoms with Crippen LogP contribution in [0.3, 0.4) is 0 Å². The Morgan fingerprint density at radius 1 is 1.25 bits per heavy atom. The topological polar surface area (TPSA) is 0 Å². The molecule has 0 aromatic rings. The van der Waals surface area contributed by atoms with Crippen LogP contribution in [0.5, 0.6) is 0 Å². The molecule has 0 aromatic carbocycles. The highest BCUT2D eigenvalue weighted by Gasteiger charge is 2.06. The summed E-state index contributed by atoms with van der Waals surface area (Å²) in [4.78, 5) is 0. The molecule has 0 spiro atoms. The minimum Gasteiger partial charge on any atom is -0.0705 e. The molecular formula is C12H20. The van der Waals surface area contributed by atoms with E-state index in [0.717, 1.165) is 5.92 Å². The Bertz CT molecular complexity index is 194. The Morgan fingerprint density at radius 2 is 2.00 bits per heavy atom. The molecule has 0 heteroatoms. The summed E-state index contributed by atoms with van der Waals surface area (Å²) in [6.45, 7) is 6.83. The number of hydrogen-bond donors (Lipinski definition) is 0. The number of hydrogen-bond acceptors (Lipinski definition) is 0. The highest BCUT2D eigenvalue weighted by atomic mass is 14.1. The molecule has 0 bridgehead atoms. The van der Waals surface area contributed by atoms with E-state index in [0.29, 0.717) is 0 Å². The molecule has 12 heavy (non-hydrogen) atoms. The van der Waals surface area contributed by atoms with Crippen LogP contribution in [0.15, 0.2) is 23.3 Å². The zero-order chi connectivity index (χ0) is 8.97. The summed E-state index contributed by atoms with van der Waals surface area (Å²) < 4.78 is 0. The van der Waals surface area contributed by atoms with Crippen molar-refractivity contribution < 1.29 is 0 Å². The molecule has 1 rings (SSSR count). The second-order valence-electron chi connectivity index (χ2n) is 3.93. The lowest BCUT2D eigenvalue weighted by Gasteiger charge is -2.07. The van der Waals surface area contributed by atoms with Crippen LogP contribution >= 0.6 is 0 Å². The van der Waals surface area contributed by atoms with Crippen LogP contribution in [0.25, 0.3) is 0 Å². The monoisotopic (exact) mass is 164 g/mol. The standard InChI is InChI=1S/C12H20/c1-4-11-6-5-7-12(9-8-11)10(2)3/h8-10H,4-7H2,1-3H3. The van der Waals surface area contributed by atoms with Gasteiger partial charge in [0.2, 0.25) is 0 Å². The van der Waals surface area contributed by atoms with Gasteiger partial charge < -0.3 is 0 Å². The third kappa shape index (κ3) is 2.51. The van der Waals surface area contributed by atoms with E-state index in [1.165, 1.54) is 25.7 Å². The quantitative estimate of drug-likeness (QED) is 0.576. The maximum atomic E-state index is 2.34. The number of rotatable bonds is 2. The number of allylic oxidation sites excluding steroid dienone is 4. The molecule has 0 aromatic heterocycles. The Balaban J connectivity index is 2.66. The first kappa shape index (κ1) is 9.57. The SMILES string of the molecule is CCC1=CC=C(C(C)C)CCC1. The van der Waals surface area contributed by atoms with Crippen LogP contribution in [-0.2, 0) is 0 Å². The van der Waals surface area contributed by atoms with E-state index in [-0.39, 0.29) is 0 Å². The first-order valence-electron chi connectivity index (χ1n) is 5.12. The van der Waals surface area contributed by atoms with E-state index >= 15 is 0 Å². The first-order valence-corrected chi connectivity index (χ1v) is 5.12. The minimum atomic E-state index is 0.734. The molecular weight excluding hydrogens is 144 g/mol. The predicted octanol–water partition coefficient (Wildman–Crippen LogP) is 4.09. The smallest absolute Gasteiger partial charge is 0.0257 e. The van der Waals surface area contributed by atoms with Crippen molar-refractivity contribution in [3.05, 3.63) is 23.3 Å². The lowest BCUT2D eigenvalue weighted by atomic mass is 9.98. The van der Waals surface area contributed by atoms with Crippen LogP contribution in [-0.4, -0.2) is 0 Å². The van der Waals surface area contributed by atoms with Gasteiger partial charge in [-0.3, -0.25) is 0 Å². The molecule has 0 nitrogen and oxygen atoms in total. The minimum absolute atomic E-state index is 0.734. The van der Waals surface area contributed by atoms with Crippen LogP contribution in [0.1, 0.15) is 46.5 Å². The molecule has 0 unspecified atom stereocenters. The van der Waals surface area contributed by atoms with Gasteiger partial charge in [0, 0.05) is 0 Å². The third-order valence-electron chi connectivity index (χ3n) is 2.69. The van der Waals surface area contributed by atoms with Gasteiger partial charge in [-0.25, -0.2) is 0 Å². The van der Waals surface area contributed by atoms with Crippen molar-refractivity contribution in [3.8, 4) is 0 Å². The maximum absolute atomic E-state index is 2.34. The van der Waals surface area contributed by atoms with E-state index in [1.807, 2.05) is 0 Å². The molecule has 0 radical (unpaired) electrons. The highest BCUT2D eigenvalue weighted by molar-refractivity contribution is 5.21. The Hall–Kier alpha value is -0.520. The van der Waals surface area contributed by atoms with Crippen LogP contribution in [0.2, 0.25) is 0 Å². The van der Waals surface area contributed by atoms with Gasteiger partial charge in [-0.15, -0.1) is 0 Å². The summed E-state index contributed by atoms with van der Waals surface area (Å²) in [6, 6.07) is 0. The molecule has 1 aliphatic carbocycles. The van der Waals surface area contributed by atoms with E-state index in [2.05, 4.69) is 32.9 Å². The summed E-state index contributed by atoms with van der Waals surface area (Å²) in [5, 5.41) is 0. The Kier molecular flexibility index (Phi) is 3.58. The zero-order valence-corrected chi connectivity index (χ0v) is 8.56. The van der Waals surface area contributed by atoms with Crippen molar-refractivity contribution in [1.29, 1.82) is 0 Å². The summed E-state index contributed by atoms with van der Waals surface area (Å²) in [6.07, 6.45) is 9.87. The second kappa shape index (κ2) is 4.49. The van der Waals surface area contributed by atoms with E-state index in [9.17, 15) is 0 Å². The van der Waals surface area contributed by atoms with Crippen molar-refractivity contribution in [1.82, 2.24) is 0 Å². The maximum Gasteiger partial charge on any atom is -0.0257 e. The van der Waals surface area contributed by atoms with Crippen LogP contribution < -0.4 is 0 Å². The second-order valence-corrected chi connectivity index (χ2v) is 3.93. The van der Waals surface area contributed by atoms with Gasteiger partial charge in [-0.05, 0) is 31.6 Å². The molecule has 0 saturated heterocycles. The third-order valence-corrected chi connectivity index (χ3v) is 2.69.